The molecule has 3 nitrogen and oxygen atoms in total. The molecule has 0 aliphatic heterocycles. The zero-order valence-corrected chi connectivity index (χ0v) is 12.5. The Bertz CT molecular complexity index is 864. The summed E-state index contributed by atoms with van der Waals surface area (Å²) in [4.78, 5) is -0.603. The third kappa shape index (κ3) is 4.06. The summed E-state index contributed by atoms with van der Waals surface area (Å²) in [5.41, 5.74) is -1.55. The van der Waals surface area contributed by atoms with Gasteiger partial charge >= 0.3 is 6.18 Å². The molecule has 0 spiro atoms. The fraction of sp³-hybridized carbons (Fsp3) is 0.143. The normalized spacial score (nSPS) is 12.4. The first-order valence-corrected chi connectivity index (χ1v) is 7.79. The molecule has 0 heterocycles. The van der Waals surface area contributed by atoms with Crippen LogP contribution in [0, 0.1) is 17.5 Å². The molecule has 0 atom stereocenters. The van der Waals surface area contributed by atoms with Gasteiger partial charge in [-0.1, -0.05) is 6.07 Å². The van der Waals surface area contributed by atoms with Gasteiger partial charge in [0.05, 0.1) is 10.5 Å². The largest absolute Gasteiger partial charge is 0.416 e. The molecule has 0 aromatic heterocycles. The Kier molecular flexibility index (Phi) is 4.90. The van der Waals surface area contributed by atoms with Gasteiger partial charge in [-0.15, -0.1) is 0 Å². The minimum Gasteiger partial charge on any atom is -0.207 e. The van der Waals surface area contributed by atoms with E-state index in [1.807, 2.05) is 4.72 Å². The number of sulfonamides is 1. The Morgan fingerprint density at radius 2 is 1.54 bits per heavy atom. The van der Waals surface area contributed by atoms with Crippen molar-refractivity contribution in [3.8, 4) is 0 Å². The summed E-state index contributed by atoms with van der Waals surface area (Å²) in [5.74, 6) is -3.89. The fourth-order valence-corrected chi connectivity index (χ4v) is 2.79. The molecule has 0 unspecified atom stereocenters. The predicted molar refractivity (Wildman–Crippen MR) is 71.8 cm³/mol. The molecule has 0 aliphatic rings. The van der Waals surface area contributed by atoms with Crippen LogP contribution in [0.2, 0.25) is 0 Å². The van der Waals surface area contributed by atoms with Crippen molar-refractivity contribution in [2.45, 2.75) is 17.6 Å². The summed E-state index contributed by atoms with van der Waals surface area (Å²) in [6.45, 7) is -0.661. The van der Waals surface area contributed by atoms with Crippen LogP contribution in [-0.4, -0.2) is 8.42 Å². The molecule has 0 saturated heterocycles. The van der Waals surface area contributed by atoms with Crippen molar-refractivity contribution in [3.63, 3.8) is 0 Å². The number of benzene rings is 2. The highest BCUT2D eigenvalue weighted by Crippen LogP contribution is 2.30. The molecule has 130 valence electrons. The Morgan fingerprint density at radius 1 is 0.875 bits per heavy atom. The number of halogens is 6. The van der Waals surface area contributed by atoms with Crippen molar-refractivity contribution < 1.29 is 34.8 Å². The van der Waals surface area contributed by atoms with Gasteiger partial charge in [0, 0.05) is 12.1 Å². The van der Waals surface area contributed by atoms with E-state index in [4.69, 9.17) is 0 Å². The van der Waals surface area contributed by atoms with E-state index in [-0.39, 0.29) is 11.6 Å². The highest BCUT2D eigenvalue weighted by molar-refractivity contribution is 7.89. The van der Waals surface area contributed by atoms with E-state index in [2.05, 4.69) is 0 Å². The van der Waals surface area contributed by atoms with E-state index in [0.717, 1.165) is 12.1 Å². The molecule has 2 aromatic carbocycles. The minimum absolute atomic E-state index is 0.237. The average Bonchev–Trinajstić information content (AvgIpc) is 2.47. The maximum atomic E-state index is 13.6. The summed E-state index contributed by atoms with van der Waals surface area (Å²) in [7, 11) is -4.30. The Balaban J connectivity index is 2.19. The van der Waals surface area contributed by atoms with Crippen LogP contribution in [0.25, 0.3) is 0 Å². The molecule has 2 rings (SSSR count). The molecule has 10 heteroatoms. The first-order chi connectivity index (χ1) is 11.0. The van der Waals surface area contributed by atoms with Crippen molar-refractivity contribution in [1.82, 2.24) is 4.72 Å². The van der Waals surface area contributed by atoms with Crippen LogP contribution in [0.4, 0.5) is 26.3 Å². The monoisotopic (exact) mass is 369 g/mol. The van der Waals surface area contributed by atoms with E-state index in [0.29, 0.717) is 18.2 Å². The fourth-order valence-electron chi connectivity index (χ4n) is 1.77. The zero-order valence-electron chi connectivity index (χ0n) is 11.7. The van der Waals surface area contributed by atoms with Crippen LogP contribution in [0.1, 0.15) is 11.1 Å². The Labute approximate surface area is 133 Å². The second kappa shape index (κ2) is 6.44. The lowest BCUT2D eigenvalue weighted by molar-refractivity contribution is -0.137. The number of hydrogen-bond acceptors (Lipinski definition) is 2. The van der Waals surface area contributed by atoms with Crippen LogP contribution >= 0.6 is 0 Å². The van der Waals surface area contributed by atoms with Gasteiger partial charge in [0.25, 0.3) is 0 Å². The molecule has 0 aliphatic carbocycles. The number of alkyl halides is 3. The Morgan fingerprint density at radius 3 is 2.08 bits per heavy atom. The van der Waals surface area contributed by atoms with Crippen LogP contribution in [-0.2, 0) is 22.7 Å². The van der Waals surface area contributed by atoms with Crippen LogP contribution in [0.15, 0.2) is 41.3 Å². The number of rotatable bonds is 4. The van der Waals surface area contributed by atoms with E-state index >= 15 is 0 Å². The lowest BCUT2D eigenvalue weighted by atomic mass is 10.1. The standard InChI is InChI=1S/C14H9F6NO2S/c15-11-4-3-10(6-13(11)17)24(22,23)21-7-8-1-2-9(5-12(8)16)14(18,19)20/h1-6,21H,7H2. The lowest BCUT2D eigenvalue weighted by Crippen LogP contribution is -2.24. The molecule has 0 saturated carbocycles. The zero-order chi connectivity index (χ0) is 18.1. The maximum absolute atomic E-state index is 13.6. The van der Waals surface area contributed by atoms with Gasteiger partial charge in [-0.05, 0) is 30.3 Å². The number of hydrogen-bond donors (Lipinski definition) is 1. The van der Waals surface area contributed by atoms with Gasteiger partial charge in [-0.3, -0.25) is 0 Å². The van der Waals surface area contributed by atoms with Crippen molar-refractivity contribution in [2.24, 2.45) is 0 Å². The van der Waals surface area contributed by atoms with Crippen LogP contribution in [0.3, 0.4) is 0 Å². The molecule has 1 N–H and O–H groups in total. The summed E-state index contributed by atoms with van der Waals surface area (Å²) < 4.78 is 102. The van der Waals surface area contributed by atoms with Gasteiger partial charge in [-0.25, -0.2) is 26.3 Å². The van der Waals surface area contributed by atoms with Crippen molar-refractivity contribution in [3.05, 3.63) is 65.0 Å². The van der Waals surface area contributed by atoms with E-state index in [1.165, 1.54) is 0 Å². The molecular weight excluding hydrogens is 360 g/mol. The first kappa shape index (κ1) is 18.3. The third-order valence-corrected chi connectivity index (χ3v) is 4.43. The van der Waals surface area contributed by atoms with Crippen molar-refractivity contribution in [1.29, 1.82) is 0 Å². The van der Waals surface area contributed by atoms with Crippen molar-refractivity contribution in [2.75, 3.05) is 0 Å². The van der Waals surface area contributed by atoms with E-state index in [1.54, 1.807) is 0 Å². The molecule has 24 heavy (non-hydrogen) atoms. The summed E-state index contributed by atoms with van der Waals surface area (Å²) in [6, 6.07) is 3.45. The maximum Gasteiger partial charge on any atom is 0.416 e. The van der Waals surface area contributed by atoms with Crippen LogP contribution in [0.5, 0.6) is 0 Å². The van der Waals surface area contributed by atoms with Gasteiger partial charge < -0.3 is 0 Å². The summed E-state index contributed by atoms with van der Waals surface area (Å²) >= 11 is 0. The highest BCUT2D eigenvalue weighted by Gasteiger charge is 2.31. The van der Waals surface area contributed by atoms with Gasteiger partial charge in [-0.2, -0.15) is 13.2 Å². The minimum atomic E-state index is -4.73. The van der Waals surface area contributed by atoms with Gasteiger partial charge in [0.2, 0.25) is 10.0 Å². The van der Waals surface area contributed by atoms with E-state index < -0.39 is 50.7 Å². The molecule has 0 amide bonds. The number of nitrogens with one attached hydrogen (secondary N) is 1. The van der Waals surface area contributed by atoms with Gasteiger partial charge in [0.15, 0.2) is 11.6 Å². The van der Waals surface area contributed by atoms with Crippen LogP contribution < -0.4 is 4.72 Å². The van der Waals surface area contributed by atoms with E-state index in [9.17, 15) is 34.8 Å². The molecule has 0 fully saturated rings. The highest BCUT2D eigenvalue weighted by atomic mass is 32.2. The summed E-state index contributed by atoms with van der Waals surface area (Å²) in [6.07, 6.45) is -4.73. The average molecular weight is 369 g/mol. The smallest absolute Gasteiger partial charge is 0.207 e. The molecular formula is C14H9F6NO2S. The van der Waals surface area contributed by atoms with Gasteiger partial charge in [0.1, 0.15) is 5.82 Å². The summed E-state index contributed by atoms with van der Waals surface area (Å²) in [5, 5.41) is 0. The lowest BCUT2D eigenvalue weighted by Gasteiger charge is -2.10. The molecule has 0 bridgehead atoms. The molecule has 2 aromatic rings. The SMILES string of the molecule is O=S(=O)(NCc1ccc(C(F)(F)F)cc1F)c1ccc(F)c(F)c1. The second-order valence-corrected chi connectivity index (χ2v) is 6.47. The van der Waals surface area contributed by atoms with Crippen molar-refractivity contribution >= 4 is 10.0 Å². The first-order valence-electron chi connectivity index (χ1n) is 6.31. The quantitative estimate of drug-likeness (QED) is 0.837. The molecule has 0 radical (unpaired) electrons. The predicted octanol–water partition coefficient (Wildman–Crippen LogP) is 3.60. The Hall–Kier alpha value is -2.07. The second-order valence-electron chi connectivity index (χ2n) is 4.70. The topological polar surface area (TPSA) is 46.2 Å². The third-order valence-electron chi connectivity index (χ3n) is 3.03.